The molecule has 2 aromatic rings. The number of halogens is 1. The van der Waals surface area contributed by atoms with Crippen LogP contribution in [0.4, 0.5) is 5.69 Å². The van der Waals surface area contributed by atoms with E-state index in [1.807, 2.05) is 0 Å². The lowest BCUT2D eigenvalue weighted by atomic mass is 10.2. The van der Waals surface area contributed by atoms with Crippen molar-refractivity contribution in [3.8, 4) is 11.5 Å². The Hall–Kier alpha value is -2.73. The number of anilines is 1. The Balaban J connectivity index is 2.08. The van der Waals surface area contributed by atoms with Gasteiger partial charge in [-0.15, -0.1) is 0 Å². The van der Waals surface area contributed by atoms with Gasteiger partial charge in [0.25, 0.3) is 5.91 Å². The van der Waals surface area contributed by atoms with Crippen molar-refractivity contribution in [2.75, 3.05) is 12.8 Å². The fourth-order valence-corrected chi connectivity index (χ4v) is 1.91. The van der Waals surface area contributed by atoms with Crippen LogP contribution in [0.15, 0.2) is 41.5 Å². The fourth-order valence-electron chi connectivity index (χ4n) is 1.69. The molecule has 0 aliphatic heterocycles. The molecule has 0 aliphatic rings. The minimum absolute atomic E-state index is 0.130. The third kappa shape index (κ3) is 3.67. The molecule has 0 atom stereocenters. The summed E-state index contributed by atoms with van der Waals surface area (Å²) in [6.07, 6.45) is 1.39. The zero-order valence-electron chi connectivity index (χ0n) is 11.7. The number of carbonyl (C=O) groups excluding carboxylic acids is 1. The number of nitrogens with two attached hydrogens (primary N) is 1. The van der Waals surface area contributed by atoms with E-state index in [2.05, 4.69) is 10.5 Å². The maximum Gasteiger partial charge on any atom is 0.271 e. The van der Waals surface area contributed by atoms with Crippen molar-refractivity contribution < 1.29 is 14.6 Å². The van der Waals surface area contributed by atoms with E-state index in [0.29, 0.717) is 16.8 Å². The summed E-state index contributed by atoms with van der Waals surface area (Å²) in [5, 5.41) is 13.6. The molecule has 0 bridgehead atoms. The van der Waals surface area contributed by atoms with E-state index in [0.717, 1.165) is 0 Å². The zero-order valence-corrected chi connectivity index (χ0v) is 12.5. The van der Waals surface area contributed by atoms with Crippen molar-refractivity contribution in [1.82, 2.24) is 5.43 Å². The van der Waals surface area contributed by atoms with Gasteiger partial charge in [-0.25, -0.2) is 5.43 Å². The Morgan fingerprint density at radius 3 is 2.68 bits per heavy atom. The average Bonchev–Trinajstić information content (AvgIpc) is 2.51. The highest BCUT2D eigenvalue weighted by Gasteiger charge is 2.08. The summed E-state index contributed by atoms with van der Waals surface area (Å²) in [6.45, 7) is 0. The van der Waals surface area contributed by atoms with E-state index in [-0.39, 0.29) is 22.4 Å². The van der Waals surface area contributed by atoms with Crippen molar-refractivity contribution in [2.45, 2.75) is 0 Å². The van der Waals surface area contributed by atoms with Crippen molar-refractivity contribution in [3.05, 3.63) is 52.5 Å². The van der Waals surface area contributed by atoms with E-state index in [1.165, 1.54) is 19.4 Å². The maximum atomic E-state index is 11.8. The van der Waals surface area contributed by atoms with E-state index in [4.69, 9.17) is 22.1 Å². The van der Waals surface area contributed by atoms with E-state index < -0.39 is 0 Å². The topological polar surface area (TPSA) is 96.9 Å². The van der Waals surface area contributed by atoms with Gasteiger partial charge in [0.2, 0.25) is 0 Å². The Morgan fingerprint density at radius 2 is 2.05 bits per heavy atom. The van der Waals surface area contributed by atoms with Crippen LogP contribution in [0, 0.1) is 0 Å². The lowest BCUT2D eigenvalue weighted by molar-refractivity contribution is 0.0955. The SMILES string of the molecule is COc1cc(/C=N\NC(=O)c2ccc(N)cc2)cc(Cl)c1O. The first-order valence-corrected chi connectivity index (χ1v) is 6.64. The highest BCUT2D eigenvalue weighted by molar-refractivity contribution is 6.32. The summed E-state index contributed by atoms with van der Waals surface area (Å²) in [5.74, 6) is -0.292. The Bertz CT molecular complexity index is 715. The van der Waals surface area contributed by atoms with Crippen LogP contribution < -0.4 is 15.9 Å². The molecule has 0 radical (unpaired) electrons. The molecule has 7 heteroatoms. The number of aromatic hydroxyl groups is 1. The molecule has 1 amide bonds. The van der Waals surface area contributed by atoms with Gasteiger partial charge in [0.1, 0.15) is 0 Å². The molecule has 0 heterocycles. The van der Waals surface area contributed by atoms with Crippen LogP contribution in [0.25, 0.3) is 0 Å². The Labute approximate surface area is 132 Å². The largest absolute Gasteiger partial charge is 0.503 e. The number of phenolic OH excluding ortho intramolecular Hbond substituents is 1. The standard InChI is InChI=1S/C15H14ClN3O3/c1-22-13-7-9(6-12(16)14(13)20)8-18-19-15(21)10-2-4-11(17)5-3-10/h2-8,20H,17H2,1H3,(H,19,21)/b18-8-. The van der Waals surface area contributed by atoms with Crippen LogP contribution in [0.3, 0.4) is 0 Å². The first-order chi connectivity index (χ1) is 10.5. The number of nitrogens with zero attached hydrogens (tertiary/aromatic N) is 1. The first-order valence-electron chi connectivity index (χ1n) is 6.26. The van der Waals surface area contributed by atoms with E-state index in [9.17, 15) is 9.90 Å². The Morgan fingerprint density at radius 1 is 1.36 bits per heavy atom. The van der Waals surface area contributed by atoms with Gasteiger partial charge in [0.05, 0.1) is 18.3 Å². The lowest BCUT2D eigenvalue weighted by Crippen LogP contribution is -2.17. The van der Waals surface area contributed by atoms with Crippen molar-refractivity contribution in [3.63, 3.8) is 0 Å². The van der Waals surface area contributed by atoms with Gasteiger partial charge in [-0.1, -0.05) is 11.6 Å². The summed E-state index contributed by atoms with van der Waals surface area (Å²) in [4.78, 5) is 11.8. The molecule has 22 heavy (non-hydrogen) atoms. The van der Waals surface area contributed by atoms with Crippen molar-refractivity contribution in [2.24, 2.45) is 5.10 Å². The van der Waals surface area contributed by atoms with Gasteiger partial charge in [-0.05, 0) is 42.0 Å². The van der Waals surface area contributed by atoms with E-state index in [1.54, 1.807) is 30.3 Å². The van der Waals surface area contributed by atoms with Gasteiger partial charge in [0.15, 0.2) is 11.5 Å². The quantitative estimate of drug-likeness (QED) is 0.458. The monoisotopic (exact) mass is 319 g/mol. The van der Waals surface area contributed by atoms with Crippen LogP contribution in [0.2, 0.25) is 5.02 Å². The molecule has 2 rings (SSSR count). The lowest BCUT2D eigenvalue weighted by Gasteiger charge is -2.06. The summed E-state index contributed by atoms with van der Waals surface area (Å²) >= 11 is 5.86. The molecule has 6 nitrogen and oxygen atoms in total. The second kappa shape index (κ2) is 6.82. The number of amides is 1. The van der Waals surface area contributed by atoms with Crippen LogP contribution >= 0.6 is 11.6 Å². The zero-order chi connectivity index (χ0) is 16.1. The molecule has 2 aromatic carbocycles. The molecule has 0 fully saturated rings. The average molecular weight is 320 g/mol. The number of nitrogens with one attached hydrogen (secondary N) is 1. The fraction of sp³-hybridized carbons (Fsp3) is 0.0667. The van der Waals surface area contributed by atoms with Gasteiger partial charge < -0.3 is 15.6 Å². The molecule has 0 aliphatic carbocycles. The van der Waals surface area contributed by atoms with E-state index >= 15 is 0 Å². The van der Waals surface area contributed by atoms with Crippen LogP contribution in [-0.2, 0) is 0 Å². The van der Waals surface area contributed by atoms with Crippen molar-refractivity contribution >= 4 is 29.4 Å². The van der Waals surface area contributed by atoms with Crippen LogP contribution in [-0.4, -0.2) is 24.3 Å². The number of nitrogen functional groups attached to an aromatic ring is 1. The molecular weight excluding hydrogens is 306 g/mol. The molecule has 0 aromatic heterocycles. The van der Waals surface area contributed by atoms with Gasteiger partial charge in [-0.2, -0.15) is 5.10 Å². The van der Waals surface area contributed by atoms with Crippen LogP contribution in [0.1, 0.15) is 15.9 Å². The minimum atomic E-state index is -0.368. The van der Waals surface area contributed by atoms with Crippen LogP contribution in [0.5, 0.6) is 11.5 Å². The molecule has 0 spiro atoms. The molecule has 0 saturated heterocycles. The number of hydrazone groups is 1. The molecule has 0 saturated carbocycles. The minimum Gasteiger partial charge on any atom is -0.503 e. The van der Waals surface area contributed by atoms with Gasteiger partial charge in [-0.3, -0.25) is 4.79 Å². The molecule has 4 N–H and O–H groups in total. The number of hydrogen-bond donors (Lipinski definition) is 3. The number of benzene rings is 2. The highest BCUT2D eigenvalue weighted by Crippen LogP contribution is 2.34. The predicted octanol–water partition coefficient (Wildman–Crippen LogP) is 2.40. The second-order valence-corrected chi connectivity index (χ2v) is 4.78. The summed E-state index contributed by atoms with van der Waals surface area (Å²) in [7, 11) is 1.41. The third-order valence-corrected chi connectivity index (χ3v) is 3.11. The normalized spacial score (nSPS) is 10.6. The number of ether oxygens (including phenoxy) is 1. The third-order valence-electron chi connectivity index (χ3n) is 2.82. The molecular formula is C15H14ClN3O3. The smallest absolute Gasteiger partial charge is 0.271 e. The summed E-state index contributed by atoms with van der Waals surface area (Å²) in [6, 6.07) is 9.49. The highest BCUT2D eigenvalue weighted by atomic mass is 35.5. The first kappa shape index (κ1) is 15.7. The number of carbonyl (C=O) groups is 1. The van der Waals surface area contributed by atoms with Gasteiger partial charge >= 0.3 is 0 Å². The predicted molar refractivity (Wildman–Crippen MR) is 85.6 cm³/mol. The van der Waals surface area contributed by atoms with Crippen molar-refractivity contribution in [1.29, 1.82) is 0 Å². The van der Waals surface area contributed by atoms with Gasteiger partial charge in [0, 0.05) is 11.3 Å². The number of hydrogen-bond acceptors (Lipinski definition) is 5. The second-order valence-electron chi connectivity index (χ2n) is 4.37. The number of methoxy groups -OCH3 is 1. The Kier molecular flexibility index (Phi) is 4.85. The number of rotatable bonds is 4. The molecule has 114 valence electrons. The summed E-state index contributed by atoms with van der Waals surface area (Å²) in [5.41, 5.74) is 9.51. The number of phenols is 1. The summed E-state index contributed by atoms with van der Waals surface area (Å²) < 4.78 is 4.98. The maximum absolute atomic E-state index is 11.8. The molecule has 0 unspecified atom stereocenters.